The van der Waals surface area contributed by atoms with Crippen LogP contribution < -0.4 is 10.6 Å². The third-order valence-electron chi connectivity index (χ3n) is 4.75. The Morgan fingerprint density at radius 2 is 1.71 bits per heavy atom. The van der Waals surface area contributed by atoms with Crippen LogP contribution in [-0.4, -0.2) is 41.4 Å². The van der Waals surface area contributed by atoms with Gasteiger partial charge in [-0.15, -0.1) is 0 Å². The molecule has 162 valence electrons. The van der Waals surface area contributed by atoms with Crippen LogP contribution in [0.3, 0.4) is 0 Å². The number of benzene rings is 2. The number of imide groups is 1. The smallest absolute Gasteiger partial charge is 0.338 e. The molecule has 9 heteroatoms. The first kappa shape index (κ1) is 22.3. The Morgan fingerprint density at radius 1 is 1.10 bits per heavy atom. The molecule has 1 saturated heterocycles. The molecular formula is C22H22ClN3O5. The molecule has 0 spiro atoms. The Hall–Kier alpha value is -3.39. The molecule has 3 rings (SSSR count). The second kappa shape index (κ2) is 8.77. The normalized spacial score (nSPS) is 18.2. The van der Waals surface area contributed by atoms with Gasteiger partial charge in [-0.3, -0.25) is 14.5 Å². The maximum Gasteiger partial charge on any atom is 0.338 e. The number of urea groups is 1. The lowest BCUT2D eigenvalue weighted by Gasteiger charge is -2.22. The van der Waals surface area contributed by atoms with Gasteiger partial charge in [0.1, 0.15) is 12.1 Å². The van der Waals surface area contributed by atoms with E-state index < -0.39 is 35.9 Å². The summed E-state index contributed by atoms with van der Waals surface area (Å²) in [7, 11) is 0. The number of hydrogen-bond donors (Lipinski definition) is 2. The van der Waals surface area contributed by atoms with E-state index in [1.807, 2.05) is 0 Å². The van der Waals surface area contributed by atoms with Crippen LogP contribution in [0.5, 0.6) is 0 Å². The second-order valence-electron chi connectivity index (χ2n) is 7.53. The molecule has 1 aliphatic heterocycles. The van der Waals surface area contributed by atoms with Gasteiger partial charge in [-0.05, 0) is 62.7 Å². The Labute approximate surface area is 184 Å². The fraction of sp³-hybridized carbons (Fsp3) is 0.273. The fourth-order valence-corrected chi connectivity index (χ4v) is 3.26. The van der Waals surface area contributed by atoms with Crippen molar-refractivity contribution in [1.29, 1.82) is 0 Å². The lowest BCUT2D eigenvalue weighted by atomic mass is 9.92. The predicted molar refractivity (Wildman–Crippen MR) is 115 cm³/mol. The van der Waals surface area contributed by atoms with Crippen LogP contribution in [0.15, 0.2) is 48.5 Å². The van der Waals surface area contributed by atoms with Gasteiger partial charge in [0.2, 0.25) is 5.91 Å². The maximum absolute atomic E-state index is 12.9. The van der Waals surface area contributed by atoms with Crippen molar-refractivity contribution < 1.29 is 23.9 Å². The van der Waals surface area contributed by atoms with Crippen LogP contribution in [0.1, 0.15) is 36.7 Å². The third-order valence-corrected chi connectivity index (χ3v) is 5.00. The Bertz CT molecular complexity index is 1020. The molecule has 0 aromatic heterocycles. The molecule has 0 aliphatic carbocycles. The highest BCUT2D eigenvalue weighted by molar-refractivity contribution is 6.30. The zero-order chi connectivity index (χ0) is 22.8. The fourth-order valence-electron chi connectivity index (χ4n) is 3.14. The van der Waals surface area contributed by atoms with Crippen LogP contribution in [0, 0.1) is 0 Å². The number of carbonyl (C=O) groups excluding carboxylic acids is 4. The highest BCUT2D eigenvalue weighted by atomic mass is 35.5. The average Bonchev–Trinajstić information content (AvgIpc) is 2.92. The van der Waals surface area contributed by atoms with Crippen LogP contribution in [-0.2, 0) is 19.9 Å². The minimum absolute atomic E-state index is 0.241. The first-order valence-corrected chi connectivity index (χ1v) is 9.99. The first-order chi connectivity index (χ1) is 14.6. The Balaban J connectivity index is 1.65. The summed E-state index contributed by atoms with van der Waals surface area (Å²) in [5.74, 6) is -1.56. The van der Waals surface area contributed by atoms with Gasteiger partial charge in [0, 0.05) is 10.7 Å². The predicted octanol–water partition coefficient (Wildman–Crippen LogP) is 3.31. The van der Waals surface area contributed by atoms with E-state index in [4.69, 9.17) is 16.3 Å². The third kappa shape index (κ3) is 4.86. The second-order valence-corrected chi connectivity index (χ2v) is 7.97. The molecule has 0 bridgehead atoms. The highest BCUT2D eigenvalue weighted by Crippen LogP contribution is 2.29. The molecule has 4 amide bonds. The monoisotopic (exact) mass is 443 g/mol. The number of carbonyl (C=O) groups is 4. The molecule has 2 aromatic rings. The van der Waals surface area contributed by atoms with Gasteiger partial charge < -0.3 is 15.4 Å². The minimum Gasteiger partial charge on any atom is -0.459 e. The van der Waals surface area contributed by atoms with E-state index in [1.54, 1.807) is 57.2 Å². The van der Waals surface area contributed by atoms with E-state index in [9.17, 15) is 19.2 Å². The number of halogens is 1. The zero-order valence-electron chi connectivity index (χ0n) is 17.3. The van der Waals surface area contributed by atoms with Crippen molar-refractivity contribution >= 4 is 41.1 Å². The van der Waals surface area contributed by atoms with Gasteiger partial charge in [0.05, 0.1) is 11.7 Å². The molecule has 0 unspecified atom stereocenters. The van der Waals surface area contributed by atoms with E-state index in [2.05, 4.69) is 10.6 Å². The number of nitrogens with zero attached hydrogens (tertiary/aromatic N) is 1. The van der Waals surface area contributed by atoms with Gasteiger partial charge in [-0.25, -0.2) is 9.59 Å². The van der Waals surface area contributed by atoms with E-state index in [1.165, 1.54) is 12.1 Å². The Kier molecular flexibility index (Phi) is 6.31. The standard InChI is InChI=1S/C22H22ClN3O5/c1-13(2)31-19(28)14-4-10-17(11-5-14)24-18(27)12-26-20(29)22(3,25-21(26)30)15-6-8-16(23)9-7-15/h4-11,13H,12H2,1-3H3,(H,24,27)(H,25,30)/t22-/m1/s1. The SMILES string of the molecule is CC(C)OC(=O)c1ccc(NC(=O)CN2C(=O)N[C@](C)(c3ccc(Cl)cc3)C2=O)cc1. The number of rotatable bonds is 6. The molecule has 1 aliphatic rings. The molecular weight excluding hydrogens is 422 g/mol. The van der Waals surface area contributed by atoms with E-state index in [-0.39, 0.29) is 6.10 Å². The summed E-state index contributed by atoms with van der Waals surface area (Å²) in [6.07, 6.45) is -0.241. The van der Waals surface area contributed by atoms with Crippen molar-refractivity contribution in [2.75, 3.05) is 11.9 Å². The number of esters is 1. The first-order valence-electron chi connectivity index (χ1n) is 9.61. The molecule has 0 saturated carbocycles. The van der Waals surface area contributed by atoms with Crippen molar-refractivity contribution in [1.82, 2.24) is 10.2 Å². The van der Waals surface area contributed by atoms with Crippen LogP contribution in [0.4, 0.5) is 10.5 Å². The Morgan fingerprint density at radius 3 is 2.29 bits per heavy atom. The van der Waals surface area contributed by atoms with Gasteiger partial charge in [0.25, 0.3) is 5.91 Å². The van der Waals surface area contributed by atoms with Crippen molar-refractivity contribution in [3.63, 3.8) is 0 Å². The van der Waals surface area contributed by atoms with E-state index in [0.717, 1.165) is 4.90 Å². The summed E-state index contributed by atoms with van der Waals surface area (Å²) in [6, 6.07) is 12.0. The van der Waals surface area contributed by atoms with Crippen molar-refractivity contribution in [2.24, 2.45) is 0 Å². The highest BCUT2D eigenvalue weighted by Gasteiger charge is 2.49. The number of nitrogens with one attached hydrogen (secondary N) is 2. The molecule has 31 heavy (non-hydrogen) atoms. The van der Waals surface area contributed by atoms with Gasteiger partial charge in [-0.1, -0.05) is 23.7 Å². The summed E-state index contributed by atoms with van der Waals surface area (Å²) in [5, 5.41) is 5.75. The van der Waals surface area contributed by atoms with Gasteiger partial charge in [0.15, 0.2) is 0 Å². The summed E-state index contributed by atoms with van der Waals surface area (Å²) in [4.78, 5) is 50.4. The summed E-state index contributed by atoms with van der Waals surface area (Å²) < 4.78 is 5.11. The molecule has 1 heterocycles. The largest absolute Gasteiger partial charge is 0.459 e. The molecule has 2 aromatic carbocycles. The summed E-state index contributed by atoms with van der Waals surface area (Å²) >= 11 is 5.89. The maximum atomic E-state index is 12.9. The topological polar surface area (TPSA) is 105 Å². The van der Waals surface area contributed by atoms with Crippen molar-refractivity contribution in [3.8, 4) is 0 Å². The number of amides is 4. The van der Waals surface area contributed by atoms with Crippen LogP contribution in [0.25, 0.3) is 0 Å². The lowest BCUT2D eigenvalue weighted by molar-refractivity contribution is -0.133. The van der Waals surface area contributed by atoms with Crippen LogP contribution in [0.2, 0.25) is 5.02 Å². The van der Waals surface area contributed by atoms with Gasteiger partial charge in [-0.2, -0.15) is 0 Å². The number of anilines is 1. The lowest BCUT2D eigenvalue weighted by Crippen LogP contribution is -2.42. The molecule has 2 N–H and O–H groups in total. The van der Waals surface area contributed by atoms with Crippen molar-refractivity contribution in [3.05, 3.63) is 64.7 Å². The molecule has 1 atom stereocenters. The average molecular weight is 444 g/mol. The molecule has 0 radical (unpaired) electrons. The van der Waals surface area contributed by atoms with Crippen molar-refractivity contribution in [2.45, 2.75) is 32.4 Å². The molecule has 1 fully saturated rings. The molecule has 8 nitrogen and oxygen atoms in total. The number of hydrogen-bond acceptors (Lipinski definition) is 5. The summed E-state index contributed by atoms with van der Waals surface area (Å²) in [6.45, 7) is 4.62. The quantitative estimate of drug-likeness (QED) is 0.526. The number of ether oxygens (including phenoxy) is 1. The van der Waals surface area contributed by atoms with Gasteiger partial charge >= 0.3 is 12.0 Å². The zero-order valence-corrected chi connectivity index (χ0v) is 18.0. The van der Waals surface area contributed by atoms with E-state index in [0.29, 0.717) is 21.8 Å². The summed E-state index contributed by atoms with van der Waals surface area (Å²) in [5.41, 5.74) is 0.0283. The minimum atomic E-state index is -1.29. The van der Waals surface area contributed by atoms with Crippen LogP contribution >= 0.6 is 11.6 Å². The van der Waals surface area contributed by atoms with E-state index >= 15 is 0 Å².